The smallest absolute Gasteiger partial charge is 0.332 e. The molecule has 4 rings (SSSR count). The Bertz CT molecular complexity index is 1180. The topological polar surface area (TPSA) is 107 Å². The van der Waals surface area contributed by atoms with Crippen molar-refractivity contribution in [3.63, 3.8) is 0 Å². The number of nitrogens with one attached hydrogen (secondary N) is 1. The molecule has 1 saturated heterocycles. The maximum absolute atomic E-state index is 12.8. The molecule has 1 fully saturated rings. The summed E-state index contributed by atoms with van der Waals surface area (Å²) >= 11 is 0. The molecule has 3 aromatic heterocycles. The standard InChI is InChI=1S/C19H23N7O3/c1-23-12-21-17-15(23)18(28)26(19(29)24(17)2)11-14(27)22-13-7-6-8-20-16(13)25-9-4-3-5-10-25/h6-8,12H,3-5,9-11H2,1-2H3,(H,22,27). The van der Waals surface area contributed by atoms with Gasteiger partial charge in [0.1, 0.15) is 6.54 Å². The summed E-state index contributed by atoms with van der Waals surface area (Å²) in [5.74, 6) is 0.250. The molecule has 10 heteroatoms. The number of hydrogen-bond donors (Lipinski definition) is 1. The monoisotopic (exact) mass is 397 g/mol. The predicted molar refractivity (Wildman–Crippen MR) is 109 cm³/mol. The Labute approximate surface area is 166 Å². The van der Waals surface area contributed by atoms with Crippen molar-refractivity contribution in [1.82, 2.24) is 23.7 Å². The van der Waals surface area contributed by atoms with E-state index in [0.717, 1.165) is 30.5 Å². The van der Waals surface area contributed by atoms with Crippen molar-refractivity contribution in [3.05, 3.63) is 45.5 Å². The molecule has 4 heterocycles. The summed E-state index contributed by atoms with van der Waals surface area (Å²) in [6.07, 6.45) is 6.51. The SMILES string of the molecule is Cn1cnc2c1c(=O)n(CC(=O)Nc1cccnc1N1CCCCC1)c(=O)n2C. The molecule has 0 spiro atoms. The highest BCUT2D eigenvalue weighted by Crippen LogP contribution is 2.25. The molecule has 0 unspecified atom stereocenters. The number of anilines is 2. The summed E-state index contributed by atoms with van der Waals surface area (Å²) in [6, 6.07) is 3.52. The molecule has 10 nitrogen and oxygen atoms in total. The Hall–Kier alpha value is -3.43. The van der Waals surface area contributed by atoms with Crippen LogP contribution in [0.3, 0.4) is 0 Å². The first-order valence-corrected chi connectivity index (χ1v) is 9.58. The van der Waals surface area contributed by atoms with Crippen LogP contribution in [0.5, 0.6) is 0 Å². The fraction of sp³-hybridized carbons (Fsp3) is 0.421. The lowest BCUT2D eigenvalue weighted by atomic mass is 10.1. The van der Waals surface area contributed by atoms with Crippen LogP contribution in [0.15, 0.2) is 34.2 Å². The molecule has 1 N–H and O–H groups in total. The number of pyridine rings is 1. The molecule has 1 amide bonds. The highest BCUT2D eigenvalue weighted by atomic mass is 16.2. The number of piperidine rings is 1. The van der Waals surface area contributed by atoms with Crippen LogP contribution in [0, 0.1) is 0 Å². The largest absolute Gasteiger partial charge is 0.355 e. The summed E-state index contributed by atoms with van der Waals surface area (Å²) in [4.78, 5) is 48.7. The highest BCUT2D eigenvalue weighted by molar-refractivity contribution is 5.93. The van der Waals surface area contributed by atoms with Gasteiger partial charge < -0.3 is 14.8 Å². The first kappa shape index (κ1) is 18.9. The number of amides is 1. The van der Waals surface area contributed by atoms with Crippen molar-refractivity contribution in [2.45, 2.75) is 25.8 Å². The lowest BCUT2D eigenvalue weighted by Gasteiger charge is -2.29. The lowest BCUT2D eigenvalue weighted by Crippen LogP contribution is -2.42. The Morgan fingerprint density at radius 2 is 1.90 bits per heavy atom. The summed E-state index contributed by atoms with van der Waals surface area (Å²) in [6.45, 7) is 1.38. The highest BCUT2D eigenvalue weighted by Gasteiger charge is 2.19. The fourth-order valence-corrected chi connectivity index (χ4v) is 3.72. The van der Waals surface area contributed by atoms with Crippen molar-refractivity contribution in [2.24, 2.45) is 14.1 Å². The molecular weight excluding hydrogens is 374 g/mol. The third-order valence-corrected chi connectivity index (χ3v) is 5.22. The minimum atomic E-state index is -0.584. The number of fused-ring (bicyclic) bond motifs is 1. The number of rotatable bonds is 4. The molecule has 0 aromatic carbocycles. The third kappa shape index (κ3) is 3.41. The van der Waals surface area contributed by atoms with Crippen LogP contribution in [0.1, 0.15) is 19.3 Å². The number of carbonyl (C=O) groups excluding carboxylic acids is 1. The molecule has 0 atom stereocenters. The van der Waals surface area contributed by atoms with Crippen LogP contribution in [0.4, 0.5) is 11.5 Å². The molecule has 0 saturated carbocycles. The van der Waals surface area contributed by atoms with Gasteiger partial charge in [0.05, 0.1) is 12.0 Å². The first-order chi connectivity index (χ1) is 14.0. The summed E-state index contributed by atoms with van der Waals surface area (Å²) in [7, 11) is 3.20. The number of hydrogen-bond acceptors (Lipinski definition) is 6. The molecule has 1 aliphatic rings. The molecule has 0 bridgehead atoms. The van der Waals surface area contributed by atoms with Gasteiger partial charge in [0.15, 0.2) is 17.0 Å². The van der Waals surface area contributed by atoms with Gasteiger partial charge in [-0.05, 0) is 31.4 Å². The van der Waals surface area contributed by atoms with Gasteiger partial charge in [-0.3, -0.25) is 14.2 Å². The van der Waals surface area contributed by atoms with Gasteiger partial charge in [-0.15, -0.1) is 0 Å². The molecule has 0 radical (unpaired) electrons. The van der Waals surface area contributed by atoms with Crippen molar-refractivity contribution in [3.8, 4) is 0 Å². The van der Waals surface area contributed by atoms with Gasteiger partial charge in [0.25, 0.3) is 5.56 Å². The van der Waals surface area contributed by atoms with E-state index in [1.807, 2.05) is 0 Å². The maximum Gasteiger partial charge on any atom is 0.332 e. The number of aromatic nitrogens is 5. The van der Waals surface area contributed by atoms with E-state index in [4.69, 9.17) is 0 Å². The second-order valence-electron chi connectivity index (χ2n) is 7.23. The van der Waals surface area contributed by atoms with Gasteiger partial charge in [-0.1, -0.05) is 0 Å². The molecule has 3 aromatic rings. The molecule has 0 aliphatic carbocycles. The van der Waals surface area contributed by atoms with Crippen LogP contribution in [-0.2, 0) is 25.4 Å². The average Bonchev–Trinajstić information content (AvgIpc) is 3.12. The van der Waals surface area contributed by atoms with Crippen molar-refractivity contribution in [2.75, 3.05) is 23.3 Å². The van der Waals surface area contributed by atoms with Crippen molar-refractivity contribution in [1.29, 1.82) is 0 Å². The Morgan fingerprint density at radius 3 is 2.66 bits per heavy atom. The van der Waals surface area contributed by atoms with Crippen LogP contribution in [0.2, 0.25) is 0 Å². The van der Waals surface area contributed by atoms with Crippen LogP contribution >= 0.6 is 0 Å². The number of imidazole rings is 1. The maximum atomic E-state index is 12.8. The van der Waals surface area contributed by atoms with Gasteiger partial charge in [0.2, 0.25) is 5.91 Å². The third-order valence-electron chi connectivity index (χ3n) is 5.22. The van der Waals surface area contributed by atoms with E-state index >= 15 is 0 Å². The fourth-order valence-electron chi connectivity index (χ4n) is 3.72. The Kier molecular flexibility index (Phi) is 4.91. The van der Waals surface area contributed by atoms with Crippen LogP contribution < -0.4 is 21.5 Å². The van der Waals surface area contributed by atoms with Crippen LogP contribution in [-0.4, -0.2) is 42.7 Å². The predicted octanol–water partition coefficient (Wildman–Crippen LogP) is 0.458. The van der Waals surface area contributed by atoms with Gasteiger partial charge in [0, 0.05) is 33.4 Å². The Morgan fingerprint density at radius 1 is 1.14 bits per heavy atom. The van der Waals surface area contributed by atoms with E-state index in [0.29, 0.717) is 17.2 Å². The van der Waals surface area contributed by atoms with Crippen molar-refractivity contribution < 1.29 is 4.79 Å². The lowest BCUT2D eigenvalue weighted by molar-refractivity contribution is -0.116. The number of nitrogens with zero attached hydrogens (tertiary/aromatic N) is 6. The molecule has 1 aliphatic heterocycles. The molecule has 29 heavy (non-hydrogen) atoms. The quantitative estimate of drug-likeness (QED) is 0.685. The van der Waals surface area contributed by atoms with Gasteiger partial charge in [-0.2, -0.15) is 0 Å². The number of carbonyl (C=O) groups is 1. The van der Waals surface area contributed by atoms with E-state index in [1.165, 1.54) is 24.4 Å². The van der Waals surface area contributed by atoms with Gasteiger partial charge in [-0.25, -0.2) is 19.3 Å². The second kappa shape index (κ2) is 7.53. The zero-order chi connectivity index (χ0) is 20.5. The summed E-state index contributed by atoms with van der Waals surface area (Å²) < 4.78 is 3.74. The summed E-state index contributed by atoms with van der Waals surface area (Å²) in [5.41, 5.74) is 0.0134. The first-order valence-electron chi connectivity index (χ1n) is 9.58. The summed E-state index contributed by atoms with van der Waals surface area (Å²) in [5, 5.41) is 2.81. The minimum Gasteiger partial charge on any atom is -0.355 e. The Balaban J connectivity index is 1.63. The second-order valence-corrected chi connectivity index (χ2v) is 7.23. The van der Waals surface area contributed by atoms with E-state index in [2.05, 4.69) is 20.2 Å². The van der Waals surface area contributed by atoms with Gasteiger partial charge >= 0.3 is 5.69 Å². The van der Waals surface area contributed by atoms with E-state index in [9.17, 15) is 14.4 Å². The van der Waals surface area contributed by atoms with Crippen molar-refractivity contribution >= 4 is 28.6 Å². The zero-order valence-electron chi connectivity index (χ0n) is 16.5. The minimum absolute atomic E-state index is 0.273. The normalized spacial score (nSPS) is 14.3. The van der Waals surface area contributed by atoms with E-state index in [-0.39, 0.29) is 12.1 Å². The van der Waals surface area contributed by atoms with Crippen LogP contribution in [0.25, 0.3) is 11.2 Å². The molecular formula is C19H23N7O3. The van der Waals surface area contributed by atoms with E-state index in [1.54, 1.807) is 29.9 Å². The van der Waals surface area contributed by atoms with E-state index < -0.39 is 17.2 Å². The zero-order valence-corrected chi connectivity index (χ0v) is 16.5. The average molecular weight is 397 g/mol. The molecule has 152 valence electrons. The number of aryl methyl sites for hydroxylation is 2.